The molecule has 6 heteroatoms. The molecule has 1 aromatic rings. The van der Waals surface area contributed by atoms with E-state index in [0.29, 0.717) is 18.5 Å². The van der Waals surface area contributed by atoms with E-state index in [-0.39, 0.29) is 11.3 Å². The minimum absolute atomic E-state index is 0.257. The second kappa shape index (κ2) is 5.23. The summed E-state index contributed by atoms with van der Waals surface area (Å²) < 4.78 is 5.00. The first-order valence-electron chi connectivity index (χ1n) is 5.27. The van der Waals surface area contributed by atoms with Crippen molar-refractivity contribution in [2.75, 3.05) is 18.4 Å². The van der Waals surface area contributed by atoms with E-state index in [1.807, 2.05) is 0 Å². The van der Waals surface area contributed by atoms with Gasteiger partial charge in [-0.3, -0.25) is 5.32 Å². The van der Waals surface area contributed by atoms with Crippen molar-refractivity contribution in [3.8, 4) is 0 Å². The Balaban J connectivity index is 1.71. The van der Waals surface area contributed by atoms with Crippen LogP contribution < -0.4 is 16.0 Å². The van der Waals surface area contributed by atoms with Crippen molar-refractivity contribution in [3.63, 3.8) is 0 Å². The molecule has 0 bridgehead atoms. The number of furan rings is 1. The summed E-state index contributed by atoms with van der Waals surface area (Å²) in [5.74, 6) is 0.349. The van der Waals surface area contributed by atoms with Gasteiger partial charge in [-0.25, -0.2) is 4.79 Å². The number of hydrogen-bond acceptors (Lipinski definition) is 3. The first kappa shape index (κ1) is 11.3. The van der Waals surface area contributed by atoms with E-state index in [0.717, 1.165) is 13.0 Å². The summed E-state index contributed by atoms with van der Waals surface area (Å²) in [6.07, 6.45) is 2.27. The predicted octanol–water partition coefficient (Wildman–Crippen LogP) is 1.81. The largest absolute Gasteiger partial charge is 0.429 e. The third-order valence-electron chi connectivity index (χ3n) is 2.48. The molecule has 0 radical (unpaired) electrons. The van der Waals surface area contributed by atoms with Gasteiger partial charge in [0.2, 0.25) is 5.88 Å². The highest BCUT2D eigenvalue weighted by Crippen LogP contribution is 2.17. The molecule has 2 amide bonds. The fourth-order valence-electron chi connectivity index (χ4n) is 1.68. The number of hydrogen-bond donors (Lipinski definition) is 3. The van der Waals surface area contributed by atoms with Gasteiger partial charge in [0, 0.05) is 18.7 Å². The normalized spacial score (nSPS) is 19.7. The number of rotatable bonds is 3. The molecule has 2 rings (SSSR count). The zero-order valence-corrected chi connectivity index (χ0v) is 9.51. The van der Waals surface area contributed by atoms with Gasteiger partial charge in [-0.05, 0) is 37.1 Å². The number of urea groups is 1. The third kappa shape index (κ3) is 3.15. The summed E-state index contributed by atoms with van der Waals surface area (Å²) >= 11 is 5.58. The average molecular weight is 244 g/mol. The Morgan fingerprint density at radius 2 is 2.50 bits per heavy atom. The molecule has 0 saturated carbocycles. The first-order valence-corrected chi connectivity index (χ1v) is 5.65. The number of halogens is 1. The highest BCUT2D eigenvalue weighted by molar-refractivity contribution is 6.29. The fourth-order valence-corrected chi connectivity index (χ4v) is 1.83. The van der Waals surface area contributed by atoms with Gasteiger partial charge in [0.1, 0.15) is 0 Å². The molecule has 1 fully saturated rings. The number of carbonyl (C=O) groups is 1. The van der Waals surface area contributed by atoms with Crippen LogP contribution in [0.15, 0.2) is 16.5 Å². The Morgan fingerprint density at radius 3 is 3.12 bits per heavy atom. The van der Waals surface area contributed by atoms with Gasteiger partial charge < -0.3 is 15.1 Å². The Labute approximate surface area is 98.5 Å². The van der Waals surface area contributed by atoms with Crippen molar-refractivity contribution in [2.45, 2.75) is 18.9 Å². The maximum atomic E-state index is 11.4. The van der Waals surface area contributed by atoms with Crippen LogP contribution in [-0.4, -0.2) is 25.2 Å². The van der Waals surface area contributed by atoms with Crippen LogP contribution in [0.25, 0.3) is 0 Å². The molecule has 0 aliphatic carbocycles. The van der Waals surface area contributed by atoms with E-state index in [1.165, 1.54) is 6.42 Å². The molecule has 0 aromatic carbocycles. The number of amides is 2. The van der Waals surface area contributed by atoms with E-state index in [1.54, 1.807) is 12.1 Å². The van der Waals surface area contributed by atoms with Crippen molar-refractivity contribution in [1.29, 1.82) is 0 Å². The van der Waals surface area contributed by atoms with Gasteiger partial charge in [0.25, 0.3) is 0 Å². The monoisotopic (exact) mass is 243 g/mol. The number of anilines is 1. The van der Waals surface area contributed by atoms with Crippen LogP contribution in [-0.2, 0) is 0 Å². The molecular weight excluding hydrogens is 230 g/mol. The second-order valence-corrected chi connectivity index (χ2v) is 4.10. The smallest absolute Gasteiger partial charge is 0.321 e. The van der Waals surface area contributed by atoms with Crippen molar-refractivity contribution in [3.05, 3.63) is 17.4 Å². The lowest BCUT2D eigenvalue weighted by molar-refractivity contribution is 0.250. The van der Waals surface area contributed by atoms with Crippen molar-refractivity contribution < 1.29 is 9.21 Å². The quantitative estimate of drug-likeness (QED) is 0.759. The SMILES string of the molecule is O=C(NCC1CCCN1)Nc1ccc(Cl)o1. The van der Waals surface area contributed by atoms with Crippen molar-refractivity contribution in [1.82, 2.24) is 10.6 Å². The summed E-state index contributed by atoms with van der Waals surface area (Å²) in [5.41, 5.74) is 0. The molecule has 1 saturated heterocycles. The van der Waals surface area contributed by atoms with E-state index >= 15 is 0 Å². The lowest BCUT2D eigenvalue weighted by Crippen LogP contribution is -2.39. The standard InChI is InChI=1S/C10H14ClN3O2/c11-8-3-4-9(16-8)14-10(15)13-6-7-2-1-5-12-7/h3-4,7,12H,1-2,5-6H2,(H2,13,14,15). The molecule has 2 heterocycles. The van der Waals surface area contributed by atoms with E-state index < -0.39 is 0 Å². The predicted molar refractivity (Wildman–Crippen MR) is 61.8 cm³/mol. The number of carbonyl (C=O) groups excluding carboxylic acids is 1. The van der Waals surface area contributed by atoms with Crippen molar-refractivity contribution in [2.24, 2.45) is 0 Å². The number of nitrogens with one attached hydrogen (secondary N) is 3. The summed E-state index contributed by atoms with van der Waals surface area (Å²) in [4.78, 5) is 11.4. The fraction of sp³-hybridized carbons (Fsp3) is 0.500. The van der Waals surface area contributed by atoms with Crippen LogP contribution in [0.4, 0.5) is 10.7 Å². The van der Waals surface area contributed by atoms with Gasteiger partial charge in [-0.15, -0.1) is 0 Å². The Hall–Kier alpha value is -1.20. The zero-order valence-electron chi connectivity index (χ0n) is 8.75. The molecule has 1 aromatic heterocycles. The minimum atomic E-state index is -0.278. The highest BCUT2D eigenvalue weighted by Gasteiger charge is 2.14. The van der Waals surface area contributed by atoms with E-state index in [4.69, 9.17) is 16.0 Å². The van der Waals surface area contributed by atoms with E-state index in [2.05, 4.69) is 16.0 Å². The Morgan fingerprint density at radius 1 is 1.62 bits per heavy atom. The molecule has 16 heavy (non-hydrogen) atoms. The van der Waals surface area contributed by atoms with Crippen LogP contribution in [0.1, 0.15) is 12.8 Å². The molecule has 1 unspecified atom stereocenters. The lowest BCUT2D eigenvalue weighted by atomic mass is 10.2. The van der Waals surface area contributed by atoms with Gasteiger partial charge in [0.05, 0.1) is 0 Å². The molecular formula is C10H14ClN3O2. The maximum Gasteiger partial charge on any atom is 0.321 e. The molecule has 0 spiro atoms. The van der Waals surface area contributed by atoms with Crippen LogP contribution in [0, 0.1) is 0 Å². The second-order valence-electron chi connectivity index (χ2n) is 3.73. The summed E-state index contributed by atoms with van der Waals surface area (Å²) in [6.45, 7) is 1.65. The molecule has 1 aliphatic rings. The van der Waals surface area contributed by atoms with Crippen molar-refractivity contribution >= 4 is 23.5 Å². The third-order valence-corrected chi connectivity index (χ3v) is 2.68. The van der Waals surface area contributed by atoms with Crippen LogP contribution in [0.5, 0.6) is 0 Å². The summed E-state index contributed by atoms with van der Waals surface area (Å²) in [6, 6.07) is 3.29. The lowest BCUT2D eigenvalue weighted by Gasteiger charge is -2.11. The minimum Gasteiger partial charge on any atom is -0.429 e. The molecule has 3 N–H and O–H groups in total. The summed E-state index contributed by atoms with van der Waals surface area (Å²) in [5, 5.41) is 8.87. The van der Waals surface area contributed by atoms with Crippen LogP contribution in [0.3, 0.4) is 0 Å². The molecule has 88 valence electrons. The van der Waals surface area contributed by atoms with Gasteiger partial charge in [-0.2, -0.15) is 0 Å². The zero-order chi connectivity index (χ0) is 11.4. The Bertz CT molecular complexity index is 361. The van der Waals surface area contributed by atoms with Gasteiger partial charge in [-0.1, -0.05) is 0 Å². The topological polar surface area (TPSA) is 66.3 Å². The Kier molecular flexibility index (Phi) is 3.69. The first-order chi connectivity index (χ1) is 7.74. The van der Waals surface area contributed by atoms with Gasteiger partial charge >= 0.3 is 6.03 Å². The highest BCUT2D eigenvalue weighted by atomic mass is 35.5. The van der Waals surface area contributed by atoms with Crippen LogP contribution in [0.2, 0.25) is 5.22 Å². The maximum absolute atomic E-state index is 11.4. The average Bonchev–Trinajstić information content (AvgIpc) is 2.87. The molecule has 5 nitrogen and oxygen atoms in total. The summed E-state index contributed by atoms with van der Waals surface area (Å²) in [7, 11) is 0. The van der Waals surface area contributed by atoms with E-state index in [9.17, 15) is 4.79 Å². The molecule has 1 atom stereocenters. The van der Waals surface area contributed by atoms with Gasteiger partial charge in [0.15, 0.2) is 5.22 Å². The molecule has 1 aliphatic heterocycles. The van der Waals surface area contributed by atoms with Crippen LogP contribution >= 0.6 is 11.6 Å².